The number of aromatic nitrogens is 3. The normalized spacial score (nSPS) is 10.8. The van der Waals surface area contributed by atoms with Crippen LogP contribution in [0.25, 0.3) is 11.0 Å². The summed E-state index contributed by atoms with van der Waals surface area (Å²) in [5.41, 5.74) is 7.44. The van der Waals surface area contributed by atoms with Gasteiger partial charge in [-0.3, -0.25) is 14.4 Å². The smallest absolute Gasteiger partial charge is 0.264 e. The SMILES string of the molecule is Cc1cc(C)n(CC(=O)Nc2cccc3nsnc23)c(=O)c1C(N)=O. The molecule has 2 heterocycles. The van der Waals surface area contributed by atoms with Crippen molar-refractivity contribution in [3.05, 3.63) is 51.4 Å². The highest BCUT2D eigenvalue weighted by molar-refractivity contribution is 7.00. The van der Waals surface area contributed by atoms with E-state index >= 15 is 0 Å². The van der Waals surface area contributed by atoms with Gasteiger partial charge in [-0.05, 0) is 37.6 Å². The molecule has 8 nitrogen and oxygen atoms in total. The zero-order valence-corrected chi connectivity index (χ0v) is 14.4. The third-order valence-electron chi connectivity index (χ3n) is 3.81. The first-order chi connectivity index (χ1) is 11.9. The fourth-order valence-electron chi connectivity index (χ4n) is 2.66. The third-order valence-corrected chi connectivity index (χ3v) is 4.36. The predicted molar refractivity (Wildman–Crippen MR) is 94.7 cm³/mol. The maximum atomic E-state index is 12.5. The molecule has 3 rings (SSSR count). The Balaban J connectivity index is 1.91. The number of aryl methyl sites for hydroxylation is 2. The van der Waals surface area contributed by atoms with Crippen LogP contribution in [0.3, 0.4) is 0 Å². The van der Waals surface area contributed by atoms with Gasteiger partial charge in [0.15, 0.2) is 0 Å². The van der Waals surface area contributed by atoms with Gasteiger partial charge < -0.3 is 15.6 Å². The van der Waals surface area contributed by atoms with Crippen molar-refractivity contribution in [2.45, 2.75) is 20.4 Å². The Morgan fingerprint density at radius 3 is 2.76 bits per heavy atom. The Morgan fingerprint density at radius 2 is 2.04 bits per heavy atom. The number of carbonyl (C=O) groups is 2. The van der Waals surface area contributed by atoms with Crippen LogP contribution < -0.4 is 16.6 Å². The number of amides is 2. The number of primary amides is 1. The van der Waals surface area contributed by atoms with Crippen molar-refractivity contribution in [1.82, 2.24) is 13.3 Å². The van der Waals surface area contributed by atoms with Crippen molar-refractivity contribution in [2.24, 2.45) is 5.73 Å². The minimum atomic E-state index is -0.810. The predicted octanol–water partition coefficient (Wildman–Crippen LogP) is 1.21. The Kier molecular flexibility index (Phi) is 4.32. The van der Waals surface area contributed by atoms with Crippen LogP contribution in [0.4, 0.5) is 5.69 Å². The summed E-state index contributed by atoms with van der Waals surface area (Å²) in [6, 6.07) is 6.91. The zero-order chi connectivity index (χ0) is 18.1. The molecule has 0 aliphatic carbocycles. The molecular weight excluding hydrogens is 342 g/mol. The Bertz CT molecular complexity index is 1050. The minimum absolute atomic E-state index is 0.107. The second kappa shape index (κ2) is 6.44. The van der Waals surface area contributed by atoms with Crippen LogP contribution in [-0.4, -0.2) is 25.1 Å². The van der Waals surface area contributed by atoms with E-state index in [0.29, 0.717) is 28.0 Å². The molecule has 0 unspecified atom stereocenters. The molecule has 1 aromatic carbocycles. The number of pyridine rings is 1. The number of fused-ring (bicyclic) bond motifs is 1. The summed E-state index contributed by atoms with van der Waals surface area (Å²) in [6.45, 7) is 3.09. The highest BCUT2D eigenvalue weighted by Gasteiger charge is 2.17. The van der Waals surface area contributed by atoms with Crippen molar-refractivity contribution in [3.63, 3.8) is 0 Å². The highest BCUT2D eigenvalue weighted by atomic mass is 32.1. The number of benzene rings is 1. The van der Waals surface area contributed by atoms with Crippen LogP contribution >= 0.6 is 11.7 Å². The number of hydrogen-bond acceptors (Lipinski definition) is 6. The van der Waals surface area contributed by atoms with Crippen LogP contribution in [-0.2, 0) is 11.3 Å². The van der Waals surface area contributed by atoms with Crippen molar-refractivity contribution in [1.29, 1.82) is 0 Å². The molecule has 2 aromatic heterocycles. The summed E-state index contributed by atoms with van der Waals surface area (Å²) in [7, 11) is 0. The lowest BCUT2D eigenvalue weighted by atomic mass is 10.1. The molecule has 0 spiro atoms. The van der Waals surface area contributed by atoms with Gasteiger partial charge in [0.25, 0.3) is 11.5 Å². The summed E-state index contributed by atoms with van der Waals surface area (Å²) >= 11 is 1.05. The monoisotopic (exact) mass is 357 g/mol. The standard InChI is InChI=1S/C16H15N5O3S/c1-8-6-9(2)21(16(24)13(8)15(17)23)7-12(22)18-10-4-3-5-11-14(10)20-25-19-11/h3-6H,7H2,1-2H3,(H2,17,23)(H,18,22). The average molecular weight is 357 g/mol. The number of nitrogens with zero attached hydrogens (tertiary/aromatic N) is 3. The number of anilines is 1. The number of nitrogens with one attached hydrogen (secondary N) is 1. The molecule has 0 saturated carbocycles. The van der Waals surface area contributed by atoms with Crippen molar-refractivity contribution < 1.29 is 9.59 Å². The van der Waals surface area contributed by atoms with Gasteiger partial charge in [-0.15, -0.1) is 0 Å². The second-order valence-electron chi connectivity index (χ2n) is 5.58. The molecule has 0 bridgehead atoms. The minimum Gasteiger partial charge on any atom is -0.365 e. The van der Waals surface area contributed by atoms with Gasteiger partial charge in [0.1, 0.15) is 23.1 Å². The Morgan fingerprint density at radius 1 is 1.28 bits per heavy atom. The molecule has 0 atom stereocenters. The van der Waals surface area contributed by atoms with Gasteiger partial charge in [0.2, 0.25) is 5.91 Å². The number of hydrogen-bond donors (Lipinski definition) is 2. The van der Waals surface area contributed by atoms with Crippen LogP contribution in [0.15, 0.2) is 29.1 Å². The lowest BCUT2D eigenvalue weighted by Gasteiger charge is -2.13. The van der Waals surface area contributed by atoms with E-state index < -0.39 is 17.4 Å². The van der Waals surface area contributed by atoms with Crippen molar-refractivity contribution in [3.8, 4) is 0 Å². The quantitative estimate of drug-likeness (QED) is 0.727. The fourth-order valence-corrected chi connectivity index (χ4v) is 3.21. The topological polar surface area (TPSA) is 120 Å². The molecular formula is C16H15N5O3S. The van der Waals surface area contributed by atoms with Gasteiger partial charge in [0, 0.05) is 5.69 Å². The fraction of sp³-hybridized carbons (Fsp3) is 0.188. The molecule has 9 heteroatoms. The van der Waals surface area contributed by atoms with E-state index in [1.54, 1.807) is 38.1 Å². The molecule has 0 fully saturated rings. The Hall–Kier alpha value is -3.07. The molecule has 3 N–H and O–H groups in total. The number of nitrogens with two attached hydrogens (primary N) is 1. The van der Waals surface area contributed by atoms with E-state index in [-0.39, 0.29) is 12.1 Å². The molecule has 3 aromatic rings. The summed E-state index contributed by atoms with van der Waals surface area (Å²) < 4.78 is 9.49. The van der Waals surface area contributed by atoms with Crippen LogP contribution in [0.2, 0.25) is 0 Å². The maximum absolute atomic E-state index is 12.5. The van der Waals surface area contributed by atoms with E-state index in [4.69, 9.17) is 5.73 Å². The first-order valence-electron chi connectivity index (χ1n) is 7.40. The first kappa shape index (κ1) is 16.8. The lowest BCUT2D eigenvalue weighted by molar-refractivity contribution is -0.116. The van der Waals surface area contributed by atoms with Gasteiger partial charge in [0.05, 0.1) is 17.4 Å². The lowest BCUT2D eigenvalue weighted by Crippen LogP contribution is -2.35. The van der Waals surface area contributed by atoms with Crippen molar-refractivity contribution in [2.75, 3.05) is 5.32 Å². The van der Waals surface area contributed by atoms with Crippen LogP contribution in [0.1, 0.15) is 21.6 Å². The van der Waals surface area contributed by atoms with Gasteiger partial charge in [-0.25, -0.2) is 0 Å². The molecule has 0 aliphatic rings. The van der Waals surface area contributed by atoms with Crippen LogP contribution in [0.5, 0.6) is 0 Å². The number of rotatable bonds is 4. The Labute approximate surface area is 146 Å². The van der Waals surface area contributed by atoms with E-state index in [1.165, 1.54) is 4.57 Å². The molecule has 0 saturated heterocycles. The van der Waals surface area contributed by atoms with Gasteiger partial charge in [-0.2, -0.15) is 8.75 Å². The molecule has 128 valence electrons. The molecule has 0 radical (unpaired) electrons. The molecule has 25 heavy (non-hydrogen) atoms. The number of carbonyl (C=O) groups excluding carboxylic acids is 2. The highest BCUT2D eigenvalue weighted by Crippen LogP contribution is 2.21. The molecule has 0 aliphatic heterocycles. The zero-order valence-electron chi connectivity index (χ0n) is 13.6. The second-order valence-corrected chi connectivity index (χ2v) is 6.11. The average Bonchev–Trinajstić information content (AvgIpc) is 3.00. The maximum Gasteiger partial charge on any atom is 0.264 e. The first-order valence-corrected chi connectivity index (χ1v) is 8.13. The van der Waals surface area contributed by atoms with Gasteiger partial charge in [-0.1, -0.05) is 6.07 Å². The van der Waals surface area contributed by atoms with Crippen LogP contribution in [0, 0.1) is 13.8 Å². The summed E-state index contributed by atoms with van der Waals surface area (Å²) in [6.07, 6.45) is 0. The van der Waals surface area contributed by atoms with Gasteiger partial charge >= 0.3 is 0 Å². The van der Waals surface area contributed by atoms with E-state index in [1.807, 2.05) is 0 Å². The summed E-state index contributed by atoms with van der Waals surface area (Å²) in [5.74, 6) is -1.22. The summed E-state index contributed by atoms with van der Waals surface area (Å²) in [4.78, 5) is 36.4. The van der Waals surface area contributed by atoms with Crippen molar-refractivity contribution >= 4 is 40.3 Å². The summed E-state index contributed by atoms with van der Waals surface area (Å²) in [5, 5.41) is 2.73. The molecule has 2 amide bonds. The van der Waals surface area contributed by atoms with E-state index in [2.05, 4.69) is 14.1 Å². The van der Waals surface area contributed by atoms with E-state index in [9.17, 15) is 14.4 Å². The largest absolute Gasteiger partial charge is 0.365 e. The van der Waals surface area contributed by atoms with E-state index in [0.717, 1.165) is 11.7 Å². The third kappa shape index (κ3) is 3.13.